The van der Waals surface area contributed by atoms with Crippen molar-refractivity contribution in [1.82, 2.24) is 25.1 Å². The van der Waals surface area contributed by atoms with E-state index in [1.165, 1.54) is 0 Å². The summed E-state index contributed by atoms with van der Waals surface area (Å²) in [6.07, 6.45) is 0.841. The summed E-state index contributed by atoms with van der Waals surface area (Å²) in [5.41, 5.74) is 7.05. The molecule has 1 aliphatic heterocycles. The average Bonchev–Trinajstić information content (AvgIpc) is 3.58. The fourth-order valence-electron chi connectivity index (χ4n) is 5.05. The Hall–Kier alpha value is -4.96. The van der Waals surface area contributed by atoms with Gasteiger partial charge >= 0.3 is 0 Å². The number of aromatic nitrogens is 4. The monoisotopic (exact) mass is 512 g/mol. The van der Waals surface area contributed by atoms with Crippen LogP contribution in [0.3, 0.4) is 0 Å². The minimum absolute atomic E-state index is 0.00271. The van der Waals surface area contributed by atoms with Crippen LogP contribution in [0.25, 0.3) is 22.0 Å². The maximum Gasteiger partial charge on any atom is 0.253 e. The predicted molar refractivity (Wildman–Crippen MR) is 153 cm³/mol. The molecule has 192 valence electrons. The summed E-state index contributed by atoms with van der Waals surface area (Å²) in [5.74, 6) is 7.14. The van der Waals surface area contributed by atoms with Crippen molar-refractivity contribution in [3.63, 3.8) is 0 Å². The van der Waals surface area contributed by atoms with Gasteiger partial charge in [-0.15, -0.1) is 0 Å². The predicted octanol–water partition coefficient (Wildman–Crippen LogP) is 5.36. The molecule has 1 aliphatic rings. The van der Waals surface area contributed by atoms with Crippen LogP contribution >= 0.6 is 0 Å². The molecule has 1 amide bonds. The number of nitrogens with one attached hydrogen (secondary N) is 2. The molecule has 2 aromatic heterocycles. The Balaban J connectivity index is 1.22. The number of rotatable bonds is 4. The molecule has 1 unspecified atom stereocenters. The third-order valence-electron chi connectivity index (χ3n) is 6.93. The number of carbonyl (C=O) groups is 1. The van der Waals surface area contributed by atoms with Gasteiger partial charge in [-0.05, 0) is 67.6 Å². The number of amides is 1. The number of H-pyrrole nitrogens is 1. The highest BCUT2D eigenvalue weighted by atomic mass is 16.2. The van der Waals surface area contributed by atoms with Crippen molar-refractivity contribution in [2.75, 3.05) is 18.4 Å². The molecule has 39 heavy (non-hydrogen) atoms. The molecule has 1 atom stereocenters. The Morgan fingerprint density at radius 3 is 2.54 bits per heavy atom. The molecular weight excluding hydrogens is 484 g/mol. The molecule has 3 heterocycles. The van der Waals surface area contributed by atoms with E-state index < -0.39 is 0 Å². The largest absolute Gasteiger partial charge is 0.350 e. The number of fused-ring (bicyclic) bond motifs is 1. The summed E-state index contributed by atoms with van der Waals surface area (Å²) in [6, 6.07) is 26.0. The van der Waals surface area contributed by atoms with Gasteiger partial charge < -0.3 is 10.2 Å². The van der Waals surface area contributed by atoms with Gasteiger partial charge in [-0.1, -0.05) is 54.5 Å². The first kappa shape index (κ1) is 24.4. The van der Waals surface area contributed by atoms with E-state index in [4.69, 9.17) is 0 Å². The van der Waals surface area contributed by atoms with Gasteiger partial charge in [-0.2, -0.15) is 5.10 Å². The Labute approximate surface area is 227 Å². The lowest BCUT2D eigenvalue weighted by molar-refractivity contribution is 0.0791. The van der Waals surface area contributed by atoms with Crippen LogP contribution in [0.5, 0.6) is 0 Å². The van der Waals surface area contributed by atoms with E-state index in [0.29, 0.717) is 30.3 Å². The number of hydrogen-bond acceptors (Lipinski definition) is 5. The molecule has 2 N–H and O–H groups in total. The second kappa shape index (κ2) is 10.4. The van der Waals surface area contributed by atoms with Crippen molar-refractivity contribution in [3.8, 4) is 23.0 Å². The number of likely N-dealkylation sites (tertiary alicyclic amines) is 1. The van der Waals surface area contributed by atoms with Crippen LogP contribution < -0.4 is 5.32 Å². The topological polar surface area (TPSA) is 86.8 Å². The number of aromatic amines is 1. The van der Waals surface area contributed by atoms with Gasteiger partial charge in [0.15, 0.2) is 0 Å². The molecule has 6 rings (SSSR count). The Morgan fingerprint density at radius 1 is 0.949 bits per heavy atom. The molecule has 0 spiro atoms. The molecule has 0 bridgehead atoms. The molecule has 7 nitrogen and oxygen atoms in total. The molecule has 0 radical (unpaired) electrons. The minimum atomic E-state index is -0.00271. The zero-order valence-electron chi connectivity index (χ0n) is 21.9. The number of carbonyl (C=O) groups excluding carboxylic acids is 1. The van der Waals surface area contributed by atoms with E-state index in [0.717, 1.165) is 45.4 Å². The lowest BCUT2D eigenvalue weighted by atomic mass is 10.00. The van der Waals surface area contributed by atoms with Crippen molar-refractivity contribution < 1.29 is 4.79 Å². The molecule has 1 fully saturated rings. The van der Waals surface area contributed by atoms with Crippen LogP contribution in [0.4, 0.5) is 5.95 Å². The van der Waals surface area contributed by atoms with Crippen LogP contribution in [0.1, 0.15) is 39.4 Å². The van der Waals surface area contributed by atoms with Crippen molar-refractivity contribution >= 4 is 22.8 Å². The minimum Gasteiger partial charge on any atom is -0.350 e. The first-order valence-corrected chi connectivity index (χ1v) is 13.1. The third kappa shape index (κ3) is 5.23. The average molecular weight is 513 g/mol. The maximum atomic E-state index is 13.4. The van der Waals surface area contributed by atoms with Gasteiger partial charge in [0, 0.05) is 47.0 Å². The summed E-state index contributed by atoms with van der Waals surface area (Å²) in [5, 5.41) is 11.7. The summed E-state index contributed by atoms with van der Waals surface area (Å²) < 4.78 is 0. The second-order valence-electron chi connectivity index (χ2n) is 9.85. The van der Waals surface area contributed by atoms with Crippen LogP contribution in [-0.2, 0) is 0 Å². The van der Waals surface area contributed by atoms with E-state index in [9.17, 15) is 4.79 Å². The molecule has 5 aromatic rings. The third-order valence-corrected chi connectivity index (χ3v) is 6.93. The van der Waals surface area contributed by atoms with E-state index >= 15 is 0 Å². The lowest BCUT2D eigenvalue weighted by Gasteiger charge is -2.17. The van der Waals surface area contributed by atoms with E-state index in [2.05, 4.69) is 55.5 Å². The first-order chi connectivity index (χ1) is 19.0. The molecular formula is C32H28N6O. The summed E-state index contributed by atoms with van der Waals surface area (Å²) in [7, 11) is 0. The van der Waals surface area contributed by atoms with Gasteiger partial charge in [0.1, 0.15) is 5.69 Å². The summed E-state index contributed by atoms with van der Waals surface area (Å²) in [4.78, 5) is 24.2. The van der Waals surface area contributed by atoms with Gasteiger partial charge in [-0.3, -0.25) is 9.89 Å². The van der Waals surface area contributed by atoms with Gasteiger partial charge in [0.25, 0.3) is 5.91 Å². The standard InChI is InChI=1S/C32H28N6O/c1-21-18-22(2)34-32(33-21)35-26-16-17-38(20-26)31(39)25-13-15-30-28(19-25)29(36-37-30)14-12-24-10-6-7-11-27(24)23-8-4-3-5-9-23/h3-11,13,15,18-19,26H,16-17,20H2,1-2H3,(H,36,37)(H,33,34,35). The zero-order valence-corrected chi connectivity index (χ0v) is 21.9. The molecule has 1 saturated heterocycles. The van der Waals surface area contributed by atoms with Crippen molar-refractivity contribution in [1.29, 1.82) is 0 Å². The second-order valence-corrected chi connectivity index (χ2v) is 9.85. The number of benzene rings is 3. The van der Waals surface area contributed by atoms with E-state index in [1.807, 2.05) is 79.4 Å². The van der Waals surface area contributed by atoms with E-state index in [1.54, 1.807) is 0 Å². The zero-order chi connectivity index (χ0) is 26.8. The fourth-order valence-corrected chi connectivity index (χ4v) is 5.05. The fraction of sp³-hybridized carbons (Fsp3) is 0.188. The smallest absolute Gasteiger partial charge is 0.253 e. The van der Waals surface area contributed by atoms with Gasteiger partial charge in [0.2, 0.25) is 5.95 Å². The van der Waals surface area contributed by atoms with Crippen LogP contribution in [0, 0.1) is 25.7 Å². The quantitative estimate of drug-likeness (QED) is 0.317. The number of hydrogen-bond donors (Lipinski definition) is 2. The van der Waals surface area contributed by atoms with Crippen LogP contribution in [0.15, 0.2) is 78.9 Å². The first-order valence-electron chi connectivity index (χ1n) is 13.1. The number of aryl methyl sites for hydroxylation is 2. The molecule has 0 saturated carbocycles. The molecule has 3 aromatic carbocycles. The van der Waals surface area contributed by atoms with Crippen molar-refractivity contribution in [2.45, 2.75) is 26.3 Å². The van der Waals surface area contributed by atoms with Crippen molar-refractivity contribution in [3.05, 3.63) is 107 Å². The van der Waals surface area contributed by atoms with E-state index in [-0.39, 0.29) is 11.9 Å². The van der Waals surface area contributed by atoms with Gasteiger partial charge in [0.05, 0.1) is 5.52 Å². The highest BCUT2D eigenvalue weighted by Gasteiger charge is 2.28. The normalized spacial score (nSPS) is 14.7. The molecule has 7 heteroatoms. The van der Waals surface area contributed by atoms with Gasteiger partial charge in [-0.25, -0.2) is 9.97 Å². The Morgan fingerprint density at radius 2 is 1.72 bits per heavy atom. The Bertz CT molecular complexity index is 1710. The number of anilines is 1. The molecule has 0 aliphatic carbocycles. The number of nitrogens with zero attached hydrogens (tertiary/aromatic N) is 4. The van der Waals surface area contributed by atoms with Crippen LogP contribution in [0.2, 0.25) is 0 Å². The van der Waals surface area contributed by atoms with Crippen molar-refractivity contribution in [2.24, 2.45) is 0 Å². The summed E-state index contributed by atoms with van der Waals surface area (Å²) in [6.45, 7) is 5.18. The lowest BCUT2D eigenvalue weighted by Crippen LogP contribution is -2.31. The maximum absolute atomic E-state index is 13.4. The Kier molecular flexibility index (Phi) is 6.52. The van der Waals surface area contributed by atoms with Crippen LogP contribution in [-0.4, -0.2) is 50.1 Å². The summed E-state index contributed by atoms with van der Waals surface area (Å²) >= 11 is 0. The highest BCUT2D eigenvalue weighted by Crippen LogP contribution is 2.24. The SMILES string of the molecule is Cc1cc(C)nc(NC2CCN(C(=O)c3ccc4[nH]nc(C#Cc5ccccc5-c5ccccc5)c4c3)C2)n1. The highest BCUT2D eigenvalue weighted by molar-refractivity contribution is 5.99.